The second-order valence-electron chi connectivity index (χ2n) is 5.11. The first-order valence-electron chi connectivity index (χ1n) is 6.73. The molecule has 0 atom stereocenters. The summed E-state index contributed by atoms with van der Waals surface area (Å²) in [5.74, 6) is -0.168. The average molecular weight is 286 g/mol. The van der Waals surface area contributed by atoms with Gasteiger partial charge in [0.15, 0.2) is 5.76 Å². The minimum atomic E-state index is -0.304. The zero-order chi connectivity index (χ0) is 15.4. The van der Waals surface area contributed by atoms with E-state index in [0.29, 0.717) is 11.4 Å². The molecule has 110 valence electrons. The van der Waals surface area contributed by atoms with Crippen LogP contribution in [0.1, 0.15) is 30.0 Å². The maximum atomic E-state index is 11.9. The number of anilines is 2. The van der Waals surface area contributed by atoms with Gasteiger partial charge >= 0.3 is 0 Å². The first-order valence-corrected chi connectivity index (χ1v) is 6.73. The molecule has 1 aromatic heterocycles. The lowest BCUT2D eigenvalue weighted by Gasteiger charge is -2.11. The second kappa shape index (κ2) is 6.26. The largest absolute Gasteiger partial charge is 0.459 e. The van der Waals surface area contributed by atoms with E-state index in [1.807, 2.05) is 26.8 Å². The van der Waals surface area contributed by atoms with E-state index in [2.05, 4.69) is 10.6 Å². The Morgan fingerprint density at radius 3 is 2.48 bits per heavy atom. The van der Waals surface area contributed by atoms with Gasteiger partial charge in [0, 0.05) is 17.3 Å². The van der Waals surface area contributed by atoms with Crippen molar-refractivity contribution in [3.8, 4) is 0 Å². The molecule has 2 aromatic rings. The predicted molar refractivity (Wildman–Crippen MR) is 81.3 cm³/mol. The van der Waals surface area contributed by atoms with Crippen molar-refractivity contribution >= 4 is 23.2 Å². The van der Waals surface area contributed by atoms with Crippen molar-refractivity contribution in [2.75, 3.05) is 10.6 Å². The fourth-order valence-corrected chi connectivity index (χ4v) is 1.76. The molecule has 0 unspecified atom stereocenters. The third kappa shape index (κ3) is 3.72. The van der Waals surface area contributed by atoms with Crippen molar-refractivity contribution in [2.24, 2.45) is 5.92 Å². The van der Waals surface area contributed by atoms with Crippen LogP contribution in [0.25, 0.3) is 0 Å². The minimum Gasteiger partial charge on any atom is -0.459 e. The number of aryl methyl sites for hydroxylation is 1. The van der Waals surface area contributed by atoms with Crippen molar-refractivity contribution < 1.29 is 14.0 Å². The van der Waals surface area contributed by atoms with Gasteiger partial charge in [0.25, 0.3) is 5.91 Å². The molecule has 0 saturated heterocycles. The number of carbonyl (C=O) groups is 2. The van der Waals surface area contributed by atoms with E-state index in [-0.39, 0.29) is 23.5 Å². The fourth-order valence-electron chi connectivity index (χ4n) is 1.76. The Morgan fingerprint density at radius 1 is 1.14 bits per heavy atom. The van der Waals surface area contributed by atoms with Crippen LogP contribution in [-0.4, -0.2) is 11.8 Å². The van der Waals surface area contributed by atoms with Gasteiger partial charge in [-0.1, -0.05) is 13.8 Å². The molecular weight excluding hydrogens is 268 g/mol. The highest BCUT2D eigenvalue weighted by molar-refractivity contribution is 6.03. The van der Waals surface area contributed by atoms with Crippen LogP contribution in [0, 0.1) is 12.8 Å². The van der Waals surface area contributed by atoms with Crippen LogP contribution in [0.3, 0.4) is 0 Å². The third-order valence-corrected chi connectivity index (χ3v) is 3.01. The highest BCUT2D eigenvalue weighted by Crippen LogP contribution is 2.21. The summed E-state index contributed by atoms with van der Waals surface area (Å²) in [4.78, 5) is 23.6. The number of carbonyl (C=O) groups excluding carboxylic acids is 2. The van der Waals surface area contributed by atoms with E-state index in [1.54, 1.807) is 24.3 Å². The van der Waals surface area contributed by atoms with Crippen LogP contribution in [-0.2, 0) is 4.79 Å². The summed E-state index contributed by atoms with van der Waals surface area (Å²) in [5.41, 5.74) is 2.25. The first kappa shape index (κ1) is 14.8. The van der Waals surface area contributed by atoms with Gasteiger partial charge in [0.2, 0.25) is 5.91 Å². The number of benzene rings is 1. The van der Waals surface area contributed by atoms with E-state index in [1.165, 1.54) is 6.26 Å². The molecule has 0 bridgehead atoms. The van der Waals surface area contributed by atoms with Crippen LogP contribution < -0.4 is 10.6 Å². The van der Waals surface area contributed by atoms with Crippen molar-refractivity contribution in [1.82, 2.24) is 0 Å². The number of furan rings is 1. The zero-order valence-corrected chi connectivity index (χ0v) is 12.3. The average Bonchev–Trinajstić information content (AvgIpc) is 2.95. The molecule has 1 heterocycles. The van der Waals surface area contributed by atoms with Gasteiger partial charge in [-0.05, 0) is 42.8 Å². The summed E-state index contributed by atoms with van der Waals surface area (Å²) >= 11 is 0. The van der Waals surface area contributed by atoms with Gasteiger partial charge in [0.05, 0.1) is 6.26 Å². The van der Waals surface area contributed by atoms with E-state index >= 15 is 0 Å². The van der Waals surface area contributed by atoms with Crippen LogP contribution in [0.15, 0.2) is 41.0 Å². The summed E-state index contributed by atoms with van der Waals surface area (Å²) in [7, 11) is 0. The highest BCUT2D eigenvalue weighted by atomic mass is 16.3. The maximum absolute atomic E-state index is 11.9. The van der Waals surface area contributed by atoms with Crippen LogP contribution >= 0.6 is 0 Å². The summed E-state index contributed by atoms with van der Waals surface area (Å²) in [6, 6.07) is 8.59. The minimum absolute atomic E-state index is 0.0400. The summed E-state index contributed by atoms with van der Waals surface area (Å²) in [6.07, 6.45) is 1.45. The maximum Gasteiger partial charge on any atom is 0.291 e. The van der Waals surface area contributed by atoms with Crippen LogP contribution in [0.4, 0.5) is 11.4 Å². The Labute approximate surface area is 123 Å². The molecule has 5 nitrogen and oxygen atoms in total. The molecule has 2 rings (SSSR count). The summed E-state index contributed by atoms with van der Waals surface area (Å²) in [5, 5.41) is 5.59. The van der Waals surface area contributed by atoms with Crippen LogP contribution in [0.5, 0.6) is 0 Å². The number of nitrogens with one attached hydrogen (secondary N) is 2. The first-order chi connectivity index (χ1) is 9.97. The number of hydrogen-bond acceptors (Lipinski definition) is 3. The molecule has 0 aliphatic carbocycles. The van der Waals surface area contributed by atoms with Gasteiger partial charge in [-0.25, -0.2) is 0 Å². The second-order valence-corrected chi connectivity index (χ2v) is 5.11. The Balaban J connectivity index is 2.09. The lowest BCUT2D eigenvalue weighted by Crippen LogP contribution is -2.18. The monoisotopic (exact) mass is 286 g/mol. The molecule has 0 saturated carbocycles. The lowest BCUT2D eigenvalue weighted by atomic mass is 10.1. The van der Waals surface area contributed by atoms with Gasteiger partial charge in [-0.15, -0.1) is 0 Å². The highest BCUT2D eigenvalue weighted by Gasteiger charge is 2.11. The van der Waals surface area contributed by atoms with E-state index in [0.717, 1.165) is 5.56 Å². The molecule has 0 aliphatic heterocycles. The Kier molecular flexibility index (Phi) is 4.42. The molecular formula is C16H18N2O3. The summed E-state index contributed by atoms with van der Waals surface area (Å²) in [6.45, 7) is 5.53. The van der Waals surface area contributed by atoms with Gasteiger partial charge in [-0.2, -0.15) is 0 Å². The Morgan fingerprint density at radius 2 is 1.90 bits per heavy atom. The van der Waals surface area contributed by atoms with Gasteiger partial charge in [-0.3, -0.25) is 9.59 Å². The van der Waals surface area contributed by atoms with Crippen molar-refractivity contribution in [3.05, 3.63) is 47.9 Å². The third-order valence-electron chi connectivity index (χ3n) is 3.01. The van der Waals surface area contributed by atoms with Crippen LogP contribution in [0.2, 0.25) is 0 Å². The number of hydrogen-bond donors (Lipinski definition) is 2. The molecule has 2 amide bonds. The molecule has 2 N–H and O–H groups in total. The molecule has 0 radical (unpaired) electrons. The SMILES string of the molecule is Cc1cc(NC(=O)C(C)C)ccc1NC(=O)c1ccco1. The number of amides is 2. The van der Waals surface area contributed by atoms with Gasteiger partial charge in [0.1, 0.15) is 0 Å². The molecule has 0 fully saturated rings. The van der Waals surface area contributed by atoms with E-state index in [9.17, 15) is 9.59 Å². The quantitative estimate of drug-likeness (QED) is 0.904. The van der Waals surface area contributed by atoms with Crippen molar-refractivity contribution in [2.45, 2.75) is 20.8 Å². The molecule has 21 heavy (non-hydrogen) atoms. The number of rotatable bonds is 4. The normalized spacial score (nSPS) is 10.5. The molecule has 5 heteroatoms. The van der Waals surface area contributed by atoms with Crippen molar-refractivity contribution in [1.29, 1.82) is 0 Å². The Bertz CT molecular complexity index is 646. The fraction of sp³-hybridized carbons (Fsp3) is 0.250. The van der Waals surface area contributed by atoms with E-state index in [4.69, 9.17) is 4.42 Å². The summed E-state index contributed by atoms with van der Waals surface area (Å²) < 4.78 is 5.04. The predicted octanol–water partition coefficient (Wildman–Crippen LogP) is 3.43. The molecule has 1 aromatic carbocycles. The standard InChI is InChI=1S/C16H18N2O3/c1-10(2)15(19)17-12-6-7-13(11(3)9-12)18-16(20)14-5-4-8-21-14/h4-10H,1-3H3,(H,17,19)(H,18,20). The zero-order valence-electron chi connectivity index (χ0n) is 12.3. The van der Waals surface area contributed by atoms with Crippen molar-refractivity contribution in [3.63, 3.8) is 0 Å². The lowest BCUT2D eigenvalue weighted by molar-refractivity contribution is -0.118. The molecule has 0 spiro atoms. The Hall–Kier alpha value is -2.56. The van der Waals surface area contributed by atoms with E-state index < -0.39 is 0 Å². The topological polar surface area (TPSA) is 71.3 Å². The van der Waals surface area contributed by atoms with Gasteiger partial charge < -0.3 is 15.1 Å². The smallest absolute Gasteiger partial charge is 0.291 e. The molecule has 0 aliphatic rings.